The summed E-state index contributed by atoms with van der Waals surface area (Å²) in [6.45, 7) is 4.66. The Hall–Kier alpha value is -4.28. The van der Waals surface area contributed by atoms with Crippen molar-refractivity contribution >= 4 is 5.82 Å². The fourth-order valence-electron chi connectivity index (χ4n) is 3.35. The van der Waals surface area contributed by atoms with Crippen molar-refractivity contribution < 1.29 is 14.4 Å². The highest BCUT2D eigenvalue weighted by molar-refractivity contribution is 5.58. The molecule has 0 saturated heterocycles. The standard InChI is InChI=1S/C16H16N4O.C6H7N3O3/c1-3-12-4-6-13(7-5-12)16-17-18-19-20(16)14-8-10-15(21-2)11-9-14;1-4-2-8-3-5(9(10)11)7-6(8)12-4/h4-11H,3H2,1-2H3;3-4H,2H2,1H3. The molecule has 1 atom stereocenters. The third-order valence-electron chi connectivity index (χ3n) is 5.08. The van der Waals surface area contributed by atoms with Crippen molar-refractivity contribution in [1.29, 1.82) is 0 Å². The molecule has 4 aromatic rings. The van der Waals surface area contributed by atoms with Crippen LogP contribution in [0.25, 0.3) is 17.1 Å². The largest absolute Gasteiger partial charge is 0.497 e. The zero-order valence-corrected chi connectivity index (χ0v) is 18.5. The van der Waals surface area contributed by atoms with E-state index in [0.29, 0.717) is 12.6 Å². The van der Waals surface area contributed by atoms with E-state index in [1.165, 1.54) is 11.8 Å². The van der Waals surface area contributed by atoms with Crippen molar-refractivity contribution in [3.8, 4) is 28.8 Å². The van der Waals surface area contributed by atoms with E-state index in [2.05, 4.69) is 39.6 Å². The summed E-state index contributed by atoms with van der Waals surface area (Å²) >= 11 is 0. The summed E-state index contributed by atoms with van der Waals surface area (Å²) in [7, 11) is 1.65. The number of ether oxygens (including phenoxy) is 2. The molecule has 0 spiro atoms. The Kier molecular flexibility index (Phi) is 6.29. The van der Waals surface area contributed by atoms with Gasteiger partial charge in [-0.25, -0.2) is 0 Å². The highest BCUT2D eigenvalue weighted by atomic mass is 16.6. The Morgan fingerprint density at radius 1 is 1.18 bits per heavy atom. The summed E-state index contributed by atoms with van der Waals surface area (Å²) in [6.07, 6.45) is 2.47. The van der Waals surface area contributed by atoms with Crippen molar-refractivity contribution in [1.82, 2.24) is 29.8 Å². The first-order valence-electron chi connectivity index (χ1n) is 10.4. The number of nitrogens with zero attached hydrogens (tertiary/aromatic N) is 7. The SMILES string of the molecule is CC1Cn2cc([N+](=O)[O-])nc2O1.CCc1ccc(-c2nnnn2-c2ccc(OC)cc2)cc1. The van der Waals surface area contributed by atoms with Crippen LogP contribution in [0.1, 0.15) is 19.4 Å². The maximum atomic E-state index is 10.3. The lowest BCUT2D eigenvalue weighted by Crippen LogP contribution is -2.08. The topological polar surface area (TPSA) is 123 Å². The van der Waals surface area contributed by atoms with Crippen LogP contribution in [0.5, 0.6) is 11.8 Å². The Bertz CT molecular complexity index is 1150. The molecule has 11 heteroatoms. The molecule has 170 valence electrons. The Balaban J connectivity index is 0.000000183. The monoisotopic (exact) mass is 449 g/mol. The quantitative estimate of drug-likeness (QED) is 0.335. The van der Waals surface area contributed by atoms with E-state index in [9.17, 15) is 10.1 Å². The molecule has 0 fully saturated rings. The third kappa shape index (κ3) is 4.81. The van der Waals surface area contributed by atoms with Crippen LogP contribution in [0.3, 0.4) is 0 Å². The lowest BCUT2D eigenvalue weighted by molar-refractivity contribution is -0.389. The zero-order valence-electron chi connectivity index (χ0n) is 18.5. The van der Waals surface area contributed by atoms with Crippen LogP contribution in [-0.2, 0) is 13.0 Å². The number of benzene rings is 2. The number of aromatic nitrogens is 6. The number of methoxy groups -OCH3 is 1. The smallest absolute Gasteiger partial charge is 0.414 e. The number of rotatable bonds is 5. The Labute approximate surface area is 189 Å². The minimum atomic E-state index is -0.528. The lowest BCUT2D eigenvalue weighted by Gasteiger charge is -2.06. The zero-order chi connectivity index (χ0) is 23.4. The van der Waals surface area contributed by atoms with E-state index in [-0.39, 0.29) is 11.9 Å². The van der Waals surface area contributed by atoms with Gasteiger partial charge in [-0.1, -0.05) is 31.2 Å². The summed E-state index contributed by atoms with van der Waals surface area (Å²) in [4.78, 5) is 13.4. The predicted octanol–water partition coefficient (Wildman–Crippen LogP) is 3.47. The highest BCUT2D eigenvalue weighted by Crippen LogP contribution is 2.24. The molecule has 0 N–H and O–H groups in total. The van der Waals surface area contributed by atoms with E-state index in [1.807, 2.05) is 43.3 Å². The number of fused-ring (bicyclic) bond motifs is 1. The van der Waals surface area contributed by atoms with Crippen molar-refractivity contribution in [2.45, 2.75) is 32.9 Å². The molecule has 0 amide bonds. The van der Waals surface area contributed by atoms with Crippen LogP contribution in [0.4, 0.5) is 5.82 Å². The average molecular weight is 449 g/mol. The van der Waals surface area contributed by atoms with Gasteiger partial charge in [0.15, 0.2) is 5.82 Å². The number of imidazole rings is 1. The molecule has 3 heterocycles. The highest BCUT2D eigenvalue weighted by Gasteiger charge is 2.28. The maximum absolute atomic E-state index is 10.3. The maximum Gasteiger partial charge on any atom is 0.414 e. The molecular weight excluding hydrogens is 426 g/mol. The van der Waals surface area contributed by atoms with Gasteiger partial charge in [-0.3, -0.25) is 4.57 Å². The fourth-order valence-corrected chi connectivity index (χ4v) is 3.35. The van der Waals surface area contributed by atoms with Gasteiger partial charge in [0, 0.05) is 10.5 Å². The third-order valence-corrected chi connectivity index (χ3v) is 5.08. The number of hydrogen-bond acceptors (Lipinski definition) is 8. The summed E-state index contributed by atoms with van der Waals surface area (Å²) in [6, 6.07) is 16.3. The van der Waals surface area contributed by atoms with Gasteiger partial charge in [0.05, 0.1) is 19.3 Å². The van der Waals surface area contributed by atoms with E-state index in [1.54, 1.807) is 16.4 Å². The Morgan fingerprint density at radius 3 is 2.52 bits per heavy atom. The molecule has 1 unspecified atom stereocenters. The van der Waals surface area contributed by atoms with Crippen molar-refractivity contribution in [3.63, 3.8) is 0 Å². The van der Waals surface area contributed by atoms with Gasteiger partial charge >= 0.3 is 11.8 Å². The van der Waals surface area contributed by atoms with Gasteiger partial charge in [-0.15, -0.1) is 5.10 Å². The molecule has 0 aliphatic carbocycles. The average Bonchev–Trinajstić information content (AvgIpc) is 3.54. The Morgan fingerprint density at radius 2 is 1.91 bits per heavy atom. The normalized spacial score (nSPS) is 14.1. The molecule has 11 nitrogen and oxygen atoms in total. The summed E-state index contributed by atoms with van der Waals surface area (Å²) in [5, 5.41) is 22.3. The number of aryl methyl sites for hydroxylation is 1. The van der Waals surface area contributed by atoms with Crippen LogP contribution < -0.4 is 9.47 Å². The van der Waals surface area contributed by atoms with Crippen LogP contribution in [-0.4, -0.2) is 47.9 Å². The molecule has 5 rings (SSSR count). The first-order chi connectivity index (χ1) is 16.0. The minimum absolute atomic E-state index is 0.0632. The number of hydrogen-bond donors (Lipinski definition) is 0. The fraction of sp³-hybridized carbons (Fsp3) is 0.273. The molecule has 33 heavy (non-hydrogen) atoms. The molecule has 0 saturated carbocycles. The van der Waals surface area contributed by atoms with Gasteiger partial charge in [0.2, 0.25) is 0 Å². The first kappa shape index (κ1) is 21.9. The molecule has 1 aliphatic heterocycles. The van der Waals surface area contributed by atoms with Gasteiger partial charge in [0.25, 0.3) is 0 Å². The van der Waals surface area contributed by atoms with Crippen molar-refractivity contribution in [2.24, 2.45) is 0 Å². The van der Waals surface area contributed by atoms with Gasteiger partial charge in [-0.2, -0.15) is 4.68 Å². The lowest BCUT2D eigenvalue weighted by atomic mass is 10.1. The second-order valence-electron chi connectivity index (χ2n) is 7.38. The van der Waals surface area contributed by atoms with E-state index >= 15 is 0 Å². The second kappa shape index (κ2) is 9.47. The van der Waals surface area contributed by atoms with Gasteiger partial charge in [0.1, 0.15) is 18.1 Å². The molecular formula is C22H23N7O4. The van der Waals surface area contributed by atoms with Crippen LogP contribution in [0.2, 0.25) is 0 Å². The number of tetrazole rings is 1. The van der Waals surface area contributed by atoms with Gasteiger partial charge < -0.3 is 19.6 Å². The molecule has 0 bridgehead atoms. The number of nitro groups is 1. The van der Waals surface area contributed by atoms with Crippen molar-refractivity contribution in [3.05, 3.63) is 70.4 Å². The molecule has 1 aliphatic rings. The summed E-state index contributed by atoms with van der Waals surface area (Å²) in [5.41, 5.74) is 3.19. The molecule has 2 aromatic heterocycles. The second-order valence-corrected chi connectivity index (χ2v) is 7.38. The summed E-state index contributed by atoms with van der Waals surface area (Å²) in [5.74, 6) is 1.38. The molecule has 2 aromatic carbocycles. The van der Waals surface area contributed by atoms with Crippen LogP contribution in [0.15, 0.2) is 54.7 Å². The van der Waals surface area contributed by atoms with E-state index in [4.69, 9.17) is 9.47 Å². The van der Waals surface area contributed by atoms with E-state index in [0.717, 1.165) is 29.2 Å². The minimum Gasteiger partial charge on any atom is -0.497 e. The van der Waals surface area contributed by atoms with Crippen molar-refractivity contribution in [2.75, 3.05) is 7.11 Å². The van der Waals surface area contributed by atoms with Crippen LogP contribution >= 0.6 is 0 Å². The summed E-state index contributed by atoms with van der Waals surface area (Å²) < 4.78 is 13.7. The predicted molar refractivity (Wildman–Crippen MR) is 119 cm³/mol. The first-order valence-corrected chi connectivity index (χ1v) is 10.4. The van der Waals surface area contributed by atoms with Crippen LogP contribution in [0, 0.1) is 10.1 Å². The van der Waals surface area contributed by atoms with Gasteiger partial charge in [-0.05, 0) is 58.5 Å². The van der Waals surface area contributed by atoms with E-state index < -0.39 is 4.92 Å². The molecule has 0 radical (unpaired) electrons.